The summed E-state index contributed by atoms with van der Waals surface area (Å²) in [6.45, 7) is 0.324. The largest absolute Gasteiger partial charge is 0.493 e. The third-order valence-electron chi connectivity index (χ3n) is 3.13. The van der Waals surface area contributed by atoms with Crippen LogP contribution in [0.5, 0.6) is 5.75 Å². The Bertz CT molecular complexity index is 385. The molecule has 98 valence electrons. The molecule has 0 unspecified atom stereocenters. The topological polar surface area (TPSA) is 38.3 Å². The van der Waals surface area contributed by atoms with Gasteiger partial charge in [0.1, 0.15) is 11.6 Å². The number of carbonyl (C=O) groups excluding carboxylic acids is 1. The second-order valence-corrected chi connectivity index (χ2v) is 4.60. The average molecular weight is 251 g/mol. The zero-order chi connectivity index (χ0) is 12.8. The zero-order valence-corrected chi connectivity index (χ0v) is 10.3. The highest BCUT2D eigenvalue weighted by atomic mass is 19.1. The highest BCUT2D eigenvalue weighted by Gasteiger charge is 2.16. The molecule has 1 fully saturated rings. The van der Waals surface area contributed by atoms with Crippen molar-refractivity contribution in [3.63, 3.8) is 0 Å². The number of hydrogen-bond acceptors (Lipinski definition) is 2. The van der Waals surface area contributed by atoms with Crippen molar-refractivity contribution >= 4 is 5.91 Å². The Balaban J connectivity index is 1.65. The minimum absolute atomic E-state index is 0.0315. The SMILES string of the molecule is O=C(CCOc1ccc(F)cc1)NC1CCCC1. The Kier molecular flexibility index (Phi) is 4.56. The van der Waals surface area contributed by atoms with E-state index >= 15 is 0 Å². The van der Waals surface area contributed by atoms with Crippen LogP contribution in [0.25, 0.3) is 0 Å². The van der Waals surface area contributed by atoms with Gasteiger partial charge < -0.3 is 10.1 Å². The smallest absolute Gasteiger partial charge is 0.223 e. The molecule has 1 aromatic carbocycles. The summed E-state index contributed by atoms with van der Waals surface area (Å²) >= 11 is 0. The Morgan fingerprint density at radius 2 is 1.94 bits per heavy atom. The number of amides is 1. The maximum absolute atomic E-state index is 12.6. The lowest BCUT2D eigenvalue weighted by atomic mass is 10.2. The van der Waals surface area contributed by atoms with E-state index in [9.17, 15) is 9.18 Å². The normalized spacial score (nSPS) is 15.6. The van der Waals surface area contributed by atoms with E-state index in [0.717, 1.165) is 12.8 Å². The van der Waals surface area contributed by atoms with Gasteiger partial charge in [0.25, 0.3) is 0 Å². The Morgan fingerprint density at radius 1 is 1.28 bits per heavy atom. The molecule has 1 aromatic rings. The first-order chi connectivity index (χ1) is 8.74. The summed E-state index contributed by atoms with van der Waals surface area (Å²) in [5, 5.41) is 3.00. The van der Waals surface area contributed by atoms with Gasteiger partial charge in [0.05, 0.1) is 13.0 Å². The van der Waals surface area contributed by atoms with E-state index in [2.05, 4.69) is 5.32 Å². The van der Waals surface area contributed by atoms with Crippen molar-refractivity contribution in [3.05, 3.63) is 30.1 Å². The zero-order valence-electron chi connectivity index (χ0n) is 10.3. The average Bonchev–Trinajstić information content (AvgIpc) is 2.84. The van der Waals surface area contributed by atoms with Gasteiger partial charge >= 0.3 is 0 Å². The second-order valence-electron chi connectivity index (χ2n) is 4.60. The van der Waals surface area contributed by atoms with Crippen molar-refractivity contribution in [3.8, 4) is 5.75 Å². The minimum Gasteiger partial charge on any atom is -0.493 e. The highest BCUT2D eigenvalue weighted by Crippen LogP contribution is 2.17. The summed E-state index contributed by atoms with van der Waals surface area (Å²) in [5.74, 6) is 0.329. The minimum atomic E-state index is -0.290. The fourth-order valence-corrected chi connectivity index (χ4v) is 2.16. The summed E-state index contributed by atoms with van der Waals surface area (Å²) in [7, 11) is 0. The van der Waals surface area contributed by atoms with Gasteiger partial charge in [-0.05, 0) is 37.1 Å². The summed E-state index contributed by atoms with van der Waals surface area (Å²) in [4.78, 5) is 11.6. The van der Waals surface area contributed by atoms with E-state index in [1.54, 1.807) is 12.1 Å². The van der Waals surface area contributed by atoms with Crippen molar-refractivity contribution in [1.82, 2.24) is 5.32 Å². The number of rotatable bonds is 5. The van der Waals surface area contributed by atoms with Crippen molar-refractivity contribution in [1.29, 1.82) is 0 Å². The van der Waals surface area contributed by atoms with Crippen LogP contribution in [-0.2, 0) is 4.79 Å². The summed E-state index contributed by atoms with van der Waals surface area (Å²) in [5.41, 5.74) is 0. The fourth-order valence-electron chi connectivity index (χ4n) is 2.16. The maximum Gasteiger partial charge on any atom is 0.223 e. The van der Waals surface area contributed by atoms with Gasteiger partial charge in [0.2, 0.25) is 5.91 Å². The number of benzene rings is 1. The van der Waals surface area contributed by atoms with Crippen molar-refractivity contribution in [2.24, 2.45) is 0 Å². The molecule has 18 heavy (non-hydrogen) atoms. The molecule has 0 bridgehead atoms. The van der Waals surface area contributed by atoms with Crippen LogP contribution >= 0.6 is 0 Å². The van der Waals surface area contributed by atoms with Gasteiger partial charge in [-0.1, -0.05) is 12.8 Å². The van der Waals surface area contributed by atoms with Crippen LogP contribution in [0.2, 0.25) is 0 Å². The maximum atomic E-state index is 12.6. The number of ether oxygens (including phenoxy) is 1. The van der Waals surface area contributed by atoms with Gasteiger partial charge in [0, 0.05) is 6.04 Å². The van der Waals surface area contributed by atoms with Crippen LogP contribution in [0.4, 0.5) is 4.39 Å². The van der Waals surface area contributed by atoms with Crippen LogP contribution in [0.3, 0.4) is 0 Å². The van der Waals surface area contributed by atoms with E-state index in [0.29, 0.717) is 24.8 Å². The van der Waals surface area contributed by atoms with Crippen LogP contribution in [0.15, 0.2) is 24.3 Å². The number of nitrogens with one attached hydrogen (secondary N) is 1. The molecule has 0 aliphatic heterocycles. The standard InChI is InChI=1S/C14H18FNO2/c15-11-5-7-13(8-6-11)18-10-9-14(17)16-12-3-1-2-4-12/h5-8,12H,1-4,9-10H2,(H,16,17). The van der Waals surface area contributed by atoms with Crippen LogP contribution in [0, 0.1) is 5.82 Å². The highest BCUT2D eigenvalue weighted by molar-refractivity contribution is 5.76. The lowest BCUT2D eigenvalue weighted by molar-refractivity contribution is -0.122. The number of carbonyl (C=O) groups is 1. The molecule has 0 radical (unpaired) electrons. The van der Waals surface area contributed by atoms with Gasteiger partial charge in [-0.2, -0.15) is 0 Å². The molecular formula is C14H18FNO2. The van der Waals surface area contributed by atoms with Crippen molar-refractivity contribution in [2.45, 2.75) is 38.1 Å². The molecule has 1 N–H and O–H groups in total. The lowest BCUT2D eigenvalue weighted by Crippen LogP contribution is -2.33. The van der Waals surface area contributed by atoms with Crippen LogP contribution < -0.4 is 10.1 Å². The Labute approximate surface area is 106 Å². The molecule has 0 atom stereocenters. The molecule has 1 amide bonds. The summed E-state index contributed by atoms with van der Waals surface area (Å²) < 4.78 is 18.0. The van der Waals surface area contributed by atoms with Gasteiger partial charge in [-0.25, -0.2) is 4.39 Å². The molecule has 0 aromatic heterocycles. The number of halogens is 1. The predicted octanol–water partition coefficient (Wildman–Crippen LogP) is 2.65. The van der Waals surface area contributed by atoms with Crippen LogP contribution in [0.1, 0.15) is 32.1 Å². The molecule has 0 saturated heterocycles. The second kappa shape index (κ2) is 6.38. The predicted molar refractivity (Wildman–Crippen MR) is 66.9 cm³/mol. The summed E-state index contributed by atoms with van der Waals surface area (Å²) in [6, 6.07) is 6.15. The van der Waals surface area contributed by atoms with E-state index in [4.69, 9.17) is 4.74 Å². The first-order valence-electron chi connectivity index (χ1n) is 6.42. The molecular weight excluding hydrogens is 233 g/mol. The Hall–Kier alpha value is -1.58. The van der Waals surface area contributed by atoms with Crippen LogP contribution in [-0.4, -0.2) is 18.6 Å². The first-order valence-corrected chi connectivity index (χ1v) is 6.42. The first kappa shape index (κ1) is 12.9. The Morgan fingerprint density at radius 3 is 2.61 bits per heavy atom. The molecule has 4 heteroatoms. The van der Waals surface area contributed by atoms with E-state index in [-0.39, 0.29) is 11.7 Å². The van der Waals surface area contributed by atoms with E-state index < -0.39 is 0 Å². The van der Waals surface area contributed by atoms with Gasteiger partial charge in [-0.3, -0.25) is 4.79 Å². The third kappa shape index (κ3) is 4.02. The van der Waals surface area contributed by atoms with Crippen molar-refractivity contribution < 1.29 is 13.9 Å². The van der Waals surface area contributed by atoms with Crippen molar-refractivity contribution in [2.75, 3.05) is 6.61 Å². The third-order valence-corrected chi connectivity index (χ3v) is 3.13. The molecule has 1 saturated carbocycles. The van der Waals surface area contributed by atoms with Gasteiger partial charge in [0.15, 0.2) is 0 Å². The van der Waals surface area contributed by atoms with E-state index in [1.807, 2.05) is 0 Å². The molecule has 1 aliphatic rings. The molecule has 0 spiro atoms. The summed E-state index contributed by atoms with van der Waals surface area (Å²) in [6.07, 6.45) is 4.93. The quantitative estimate of drug-likeness (QED) is 0.873. The monoisotopic (exact) mass is 251 g/mol. The fraction of sp³-hybridized carbons (Fsp3) is 0.500. The molecule has 3 nitrogen and oxygen atoms in total. The van der Waals surface area contributed by atoms with E-state index in [1.165, 1.54) is 25.0 Å². The van der Waals surface area contributed by atoms with Gasteiger partial charge in [-0.15, -0.1) is 0 Å². The lowest BCUT2D eigenvalue weighted by Gasteiger charge is -2.12. The molecule has 1 aliphatic carbocycles. The molecule has 0 heterocycles. The number of hydrogen-bond donors (Lipinski definition) is 1. The molecule has 2 rings (SSSR count).